The van der Waals surface area contributed by atoms with Gasteiger partial charge in [0.15, 0.2) is 11.8 Å². The van der Waals surface area contributed by atoms with Crippen molar-refractivity contribution in [3.63, 3.8) is 0 Å². The monoisotopic (exact) mass is 327 g/mol. The van der Waals surface area contributed by atoms with Crippen LogP contribution in [-0.2, 0) is 11.3 Å². The highest BCUT2D eigenvalue weighted by Crippen LogP contribution is 2.13. The SMILES string of the molecule is O=C(NCC#Cc1c[n+]([O-])ccc1[N+](=O)[O-])OCc1ccccc1. The highest BCUT2D eigenvalue weighted by molar-refractivity contribution is 5.67. The number of nitro groups is 1. The number of hydrogen-bond donors (Lipinski definition) is 1. The van der Waals surface area contributed by atoms with Crippen LogP contribution in [0.15, 0.2) is 48.8 Å². The van der Waals surface area contributed by atoms with E-state index in [9.17, 15) is 20.1 Å². The number of hydrogen-bond acceptors (Lipinski definition) is 5. The Morgan fingerprint density at radius 1 is 1.29 bits per heavy atom. The predicted octanol–water partition coefficient (Wildman–Crippen LogP) is 1.51. The number of aromatic nitrogens is 1. The molecular weight excluding hydrogens is 314 g/mol. The first kappa shape index (κ1) is 16.8. The Labute approximate surface area is 137 Å². The smallest absolute Gasteiger partial charge is 0.408 e. The number of nitrogens with zero attached hydrogens (tertiary/aromatic N) is 2. The van der Waals surface area contributed by atoms with Gasteiger partial charge < -0.3 is 15.3 Å². The summed E-state index contributed by atoms with van der Waals surface area (Å²) in [6, 6.07) is 10.2. The highest BCUT2D eigenvalue weighted by Gasteiger charge is 2.14. The number of carbonyl (C=O) groups excluding carboxylic acids is 1. The van der Waals surface area contributed by atoms with Gasteiger partial charge in [-0.3, -0.25) is 10.1 Å². The van der Waals surface area contributed by atoms with Gasteiger partial charge in [0, 0.05) is 0 Å². The van der Waals surface area contributed by atoms with E-state index in [2.05, 4.69) is 17.2 Å². The van der Waals surface area contributed by atoms with Gasteiger partial charge >= 0.3 is 6.09 Å². The maximum atomic E-state index is 11.5. The molecule has 0 aliphatic carbocycles. The molecule has 8 nitrogen and oxygen atoms in total. The van der Waals surface area contributed by atoms with Crippen LogP contribution in [0.3, 0.4) is 0 Å². The van der Waals surface area contributed by atoms with Crippen LogP contribution in [0.5, 0.6) is 0 Å². The van der Waals surface area contributed by atoms with Crippen molar-refractivity contribution in [3.05, 3.63) is 75.2 Å². The lowest BCUT2D eigenvalue weighted by Crippen LogP contribution is -2.25. The van der Waals surface area contributed by atoms with Gasteiger partial charge in [0.25, 0.3) is 5.69 Å². The Morgan fingerprint density at radius 3 is 2.75 bits per heavy atom. The number of benzene rings is 1. The van der Waals surface area contributed by atoms with Crippen LogP contribution in [0.25, 0.3) is 0 Å². The molecule has 2 rings (SSSR count). The molecule has 1 aromatic heterocycles. The molecular formula is C16H13N3O5. The van der Waals surface area contributed by atoms with E-state index >= 15 is 0 Å². The number of nitrogens with one attached hydrogen (secondary N) is 1. The zero-order valence-electron chi connectivity index (χ0n) is 12.5. The summed E-state index contributed by atoms with van der Waals surface area (Å²) in [6.07, 6.45) is 1.36. The van der Waals surface area contributed by atoms with Crippen LogP contribution in [0.4, 0.5) is 10.5 Å². The molecule has 0 saturated carbocycles. The van der Waals surface area contributed by atoms with Crippen LogP contribution < -0.4 is 10.0 Å². The van der Waals surface area contributed by atoms with E-state index in [-0.39, 0.29) is 24.4 Å². The van der Waals surface area contributed by atoms with E-state index < -0.39 is 11.0 Å². The summed E-state index contributed by atoms with van der Waals surface area (Å²) < 4.78 is 5.40. The van der Waals surface area contributed by atoms with Crippen LogP contribution in [0, 0.1) is 27.2 Å². The summed E-state index contributed by atoms with van der Waals surface area (Å²) in [5, 5.41) is 24.4. The third-order valence-electron chi connectivity index (χ3n) is 2.87. The van der Waals surface area contributed by atoms with Crippen molar-refractivity contribution < 1.29 is 19.2 Å². The molecule has 1 amide bonds. The van der Waals surface area contributed by atoms with Gasteiger partial charge in [-0.25, -0.2) is 4.79 Å². The molecule has 0 fully saturated rings. The normalized spacial score (nSPS) is 9.50. The van der Waals surface area contributed by atoms with Gasteiger partial charge in [0.1, 0.15) is 6.61 Å². The Kier molecular flexibility index (Phi) is 5.69. The van der Waals surface area contributed by atoms with E-state index in [1.54, 1.807) is 0 Å². The molecule has 0 aliphatic heterocycles. The first-order valence-electron chi connectivity index (χ1n) is 6.87. The standard InChI is InChI=1S/C16H13N3O5/c20-16(24-12-13-5-2-1-3-6-13)17-9-4-7-14-11-18(21)10-8-15(14)19(22)23/h1-3,5-6,8,10-11H,9,12H2,(H,17,20). The minimum Gasteiger partial charge on any atom is -0.619 e. The largest absolute Gasteiger partial charge is 0.619 e. The second-order valence-electron chi connectivity index (χ2n) is 4.58. The number of rotatable bonds is 4. The summed E-state index contributed by atoms with van der Waals surface area (Å²) in [6.45, 7) is 0.0545. The quantitative estimate of drug-likeness (QED) is 0.301. The van der Waals surface area contributed by atoms with Crippen molar-refractivity contribution in [2.45, 2.75) is 6.61 Å². The molecule has 0 radical (unpaired) electrons. The summed E-state index contributed by atoms with van der Waals surface area (Å²) in [5.41, 5.74) is 0.539. The summed E-state index contributed by atoms with van der Waals surface area (Å²) in [7, 11) is 0. The van der Waals surface area contributed by atoms with E-state index in [0.29, 0.717) is 4.73 Å². The van der Waals surface area contributed by atoms with E-state index in [0.717, 1.165) is 24.0 Å². The molecule has 0 saturated heterocycles. The maximum absolute atomic E-state index is 11.5. The number of ether oxygens (including phenoxy) is 1. The van der Waals surface area contributed by atoms with Gasteiger partial charge in [0.2, 0.25) is 6.20 Å². The fourth-order valence-electron chi connectivity index (χ4n) is 1.76. The fourth-order valence-corrected chi connectivity index (χ4v) is 1.76. The molecule has 1 N–H and O–H groups in total. The Morgan fingerprint density at radius 2 is 2.04 bits per heavy atom. The van der Waals surface area contributed by atoms with Gasteiger partial charge in [-0.05, 0) is 5.56 Å². The number of amides is 1. The average molecular weight is 327 g/mol. The number of pyridine rings is 1. The molecule has 0 atom stereocenters. The lowest BCUT2D eigenvalue weighted by Gasteiger charge is -2.04. The Hall–Kier alpha value is -3.60. The van der Waals surface area contributed by atoms with Crippen LogP contribution in [0.1, 0.15) is 11.1 Å². The lowest BCUT2D eigenvalue weighted by molar-refractivity contribution is -0.606. The molecule has 1 heterocycles. The Balaban J connectivity index is 1.86. The summed E-state index contributed by atoms with van der Waals surface area (Å²) >= 11 is 0. The van der Waals surface area contributed by atoms with Crippen LogP contribution in [0.2, 0.25) is 0 Å². The number of alkyl carbamates (subject to hydrolysis) is 1. The minimum absolute atomic E-state index is 0.0306. The van der Waals surface area contributed by atoms with Crippen molar-refractivity contribution in [1.29, 1.82) is 0 Å². The van der Waals surface area contributed by atoms with Gasteiger partial charge in [-0.15, -0.1) is 0 Å². The third kappa shape index (κ3) is 4.99. The Bertz CT molecular complexity index is 796. The minimum atomic E-state index is -0.658. The molecule has 24 heavy (non-hydrogen) atoms. The molecule has 0 unspecified atom stereocenters. The molecule has 1 aromatic carbocycles. The van der Waals surface area contributed by atoms with Gasteiger partial charge in [0.05, 0.1) is 17.5 Å². The third-order valence-corrected chi connectivity index (χ3v) is 2.87. The second kappa shape index (κ2) is 8.14. The van der Waals surface area contributed by atoms with E-state index in [4.69, 9.17) is 4.74 Å². The maximum Gasteiger partial charge on any atom is 0.408 e. The van der Waals surface area contributed by atoms with Crippen molar-refractivity contribution in [3.8, 4) is 11.8 Å². The van der Waals surface area contributed by atoms with Gasteiger partial charge in [-0.2, -0.15) is 4.73 Å². The zero-order valence-corrected chi connectivity index (χ0v) is 12.5. The first-order valence-corrected chi connectivity index (χ1v) is 6.87. The predicted molar refractivity (Wildman–Crippen MR) is 83.6 cm³/mol. The topological polar surface area (TPSA) is 108 Å². The molecule has 0 bridgehead atoms. The zero-order chi connectivity index (χ0) is 17.4. The van der Waals surface area contributed by atoms with Crippen LogP contribution >= 0.6 is 0 Å². The summed E-state index contributed by atoms with van der Waals surface area (Å²) in [4.78, 5) is 21.7. The molecule has 8 heteroatoms. The molecule has 122 valence electrons. The van der Waals surface area contributed by atoms with Gasteiger partial charge in [-0.1, -0.05) is 42.2 Å². The highest BCUT2D eigenvalue weighted by atomic mass is 16.6. The molecule has 2 aromatic rings. The van der Waals surface area contributed by atoms with Crippen molar-refractivity contribution in [2.75, 3.05) is 6.54 Å². The van der Waals surface area contributed by atoms with E-state index in [1.807, 2.05) is 30.3 Å². The summed E-state index contributed by atoms with van der Waals surface area (Å²) in [5.74, 6) is 5.02. The van der Waals surface area contributed by atoms with Crippen LogP contribution in [-0.4, -0.2) is 17.6 Å². The first-order chi connectivity index (χ1) is 11.6. The molecule has 0 aliphatic rings. The van der Waals surface area contributed by atoms with E-state index in [1.165, 1.54) is 0 Å². The lowest BCUT2D eigenvalue weighted by atomic mass is 10.2. The average Bonchev–Trinajstić information content (AvgIpc) is 2.57. The van der Waals surface area contributed by atoms with Crippen molar-refractivity contribution >= 4 is 11.8 Å². The number of carbonyl (C=O) groups is 1. The van der Waals surface area contributed by atoms with Crippen molar-refractivity contribution in [2.24, 2.45) is 0 Å². The molecule has 0 spiro atoms. The van der Waals surface area contributed by atoms with Crippen molar-refractivity contribution in [1.82, 2.24) is 5.32 Å². The fraction of sp³-hybridized carbons (Fsp3) is 0.125. The second-order valence-corrected chi connectivity index (χ2v) is 4.58.